The topological polar surface area (TPSA) is 154 Å². The second-order valence-electron chi connectivity index (χ2n) is 4.82. The van der Waals surface area contributed by atoms with Crippen molar-refractivity contribution in [2.24, 2.45) is 0 Å². The highest BCUT2D eigenvalue weighted by Gasteiger charge is 2.21. The number of nitro groups is 2. The Labute approximate surface area is 145 Å². The first-order valence-corrected chi connectivity index (χ1v) is 7.01. The molecule has 2 N–H and O–H groups in total. The van der Waals surface area contributed by atoms with Crippen LogP contribution in [0, 0.1) is 20.2 Å². The number of benzene rings is 2. The zero-order chi connectivity index (χ0) is 19.3. The normalized spacial score (nSPS) is 9.88. The van der Waals surface area contributed by atoms with E-state index in [-0.39, 0.29) is 28.5 Å². The van der Waals surface area contributed by atoms with Gasteiger partial charge in [0.15, 0.2) is 0 Å². The average molecular weight is 360 g/mol. The van der Waals surface area contributed by atoms with Crippen LogP contribution in [0.2, 0.25) is 0 Å². The summed E-state index contributed by atoms with van der Waals surface area (Å²) in [5.74, 6) is -2.30. The first-order chi connectivity index (χ1) is 12.3. The second kappa shape index (κ2) is 7.70. The summed E-state index contributed by atoms with van der Waals surface area (Å²) in [5.41, 5.74) is -0.750. The molecular weight excluding hydrogens is 348 g/mol. The lowest BCUT2D eigenvalue weighted by atomic mass is 10.2. The Kier molecular flexibility index (Phi) is 5.43. The summed E-state index contributed by atoms with van der Waals surface area (Å²) in [7, 11) is 1.24. The van der Waals surface area contributed by atoms with Crippen molar-refractivity contribution in [1.82, 2.24) is 0 Å². The van der Waals surface area contributed by atoms with Gasteiger partial charge >= 0.3 is 11.8 Å². The molecule has 0 saturated heterocycles. The van der Waals surface area contributed by atoms with E-state index in [4.69, 9.17) is 4.74 Å². The van der Waals surface area contributed by atoms with Crippen molar-refractivity contribution in [3.63, 3.8) is 0 Å². The maximum Gasteiger partial charge on any atom is 0.314 e. The number of amides is 2. The molecule has 0 bridgehead atoms. The van der Waals surface area contributed by atoms with E-state index in [1.807, 2.05) is 0 Å². The second-order valence-corrected chi connectivity index (χ2v) is 4.82. The monoisotopic (exact) mass is 360 g/mol. The fourth-order valence-corrected chi connectivity index (χ4v) is 1.99. The van der Waals surface area contributed by atoms with Crippen molar-refractivity contribution < 1.29 is 24.2 Å². The van der Waals surface area contributed by atoms with E-state index in [2.05, 4.69) is 10.6 Å². The SMILES string of the molecule is COc1cc([N+](=O)[O-])ccc1NC(=O)C(=O)Nc1ccccc1[N+](=O)[O-]. The molecule has 2 aromatic carbocycles. The number of carbonyl (C=O) groups is 2. The lowest BCUT2D eigenvalue weighted by Crippen LogP contribution is -2.29. The molecule has 0 spiro atoms. The average Bonchev–Trinajstić information content (AvgIpc) is 2.61. The van der Waals surface area contributed by atoms with Crippen LogP contribution >= 0.6 is 0 Å². The van der Waals surface area contributed by atoms with Gasteiger partial charge < -0.3 is 15.4 Å². The first kappa shape index (κ1) is 18.3. The number of nitro benzene ring substituents is 2. The summed E-state index contributed by atoms with van der Waals surface area (Å²) in [4.78, 5) is 44.3. The molecule has 0 atom stereocenters. The third kappa shape index (κ3) is 4.08. The van der Waals surface area contributed by atoms with Crippen LogP contribution in [0.25, 0.3) is 0 Å². The zero-order valence-corrected chi connectivity index (χ0v) is 13.3. The Morgan fingerprint density at radius 3 is 2.12 bits per heavy atom. The van der Waals surface area contributed by atoms with Gasteiger partial charge in [0.2, 0.25) is 0 Å². The summed E-state index contributed by atoms with van der Waals surface area (Å²) >= 11 is 0. The molecule has 0 heterocycles. The van der Waals surface area contributed by atoms with Gasteiger partial charge in [-0.2, -0.15) is 0 Å². The van der Waals surface area contributed by atoms with E-state index in [0.717, 1.165) is 12.1 Å². The molecular formula is C15H12N4O7. The van der Waals surface area contributed by atoms with E-state index in [1.165, 1.54) is 37.4 Å². The van der Waals surface area contributed by atoms with Crippen LogP contribution in [0.1, 0.15) is 0 Å². The molecule has 2 amide bonds. The Balaban J connectivity index is 2.17. The van der Waals surface area contributed by atoms with Gasteiger partial charge in [0.1, 0.15) is 11.4 Å². The molecule has 0 saturated carbocycles. The van der Waals surface area contributed by atoms with Crippen molar-refractivity contribution in [1.29, 1.82) is 0 Å². The number of para-hydroxylation sites is 2. The van der Waals surface area contributed by atoms with Crippen LogP contribution in [0.15, 0.2) is 42.5 Å². The summed E-state index contributed by atoms with van der Waals surface area (Å²) < 4.78 is 4.95. The number of hydrogen-bond donors (Lipinski definition) is 2. The third-order valence-corrected chi connectivity index (χ3v) is 3.20. The van der Waals surface area contributed by atoms with Crippen molar-refractivity contribution in [2.75, 3.05) is 17.7 Å². The molecule has 0 aromatic heterocycles. The molecule has 0 aliphatic heterocycles. The smallest absolute Gasteiger partial charge is 0.314 e. The number of hydrogen-bond acceptors (Lipinski definition) is 7. The fourth-order valence-electron chi connectivity index (χ4n) is 1.99. The Bertz CT molecular complexity index is 897. The number of non-ortho nitro benzene ring substituents is 1. The van der Waals surface area contributed by atoms with Crippen LogP contribution in [-0.4, -0.2) is 28.8 Å². The van der Waals surface area contributed by atoms with Gasteiger partial charge in [-0.3, -0.25) is 29.8 Å². The summed E-state index contributed by atoms with van der Waals surface area (Å²) in [5, 5.41) is 26.0. The van der Waals surface area contributed by atoms with E-state index < -0.39 is 21.7 Å². The summed E-state index contributed by atoms with van der Waals surface area (Å²) in [6, 6.07) is 8.72. The molecule has 2 rings (SSSR count). The molecule has 0 radical (unpaired) electrons. The Morgan fingerprint density at radius 2 is 1.54 bits per heavy atom. The summed E-state index contributed by atoms with van der Waals surface area (Å²) in [6.45, 7) is 0. The number of nitrogens with one attached hydrogen (secondary N) is 2. The van der Waals surface area contributed by atoms with Gasteiger partial charge in [-0.25, -0.2) is 0 Å². The molecule has 0 aliphatic carbocycles. The standard InChI is InChI=1S/C15H12N4O7/c1-26-13-8-9(18(22)23)6-7-11(13)17-15(21)14(20)16-10-4-2-3-5-12(10)19(24)25/h2-8H,1H3,(H,16,20)(H,17,21). The third-order valence-electron chi connectivity index (χ3n) is 3.20. The summed E-state index contributed by atoms with van der Waals surface area (Å²) in [6.07, 6.45) is 0. The van der Waals surface area contributed by atoms with Gasteiger partial charge in [0, 0.05) is 12.1 Å². The van der Waals surface area contributed by atoms with Crippen LogP contribution in [0.3, 0.4) is 0 Å². The van der Waals surface area contributed by atoms with Crippen LogP contribution < -0.4 is 15.4 Å². The predicted octanol–water partition coefficient (Wildman–Crippen LogP) is 2.09. The number of anilines is 2. The quantitative estimate of drug-likeness (QED) is 0.470. The predicted molar refractivity (Wildman–Crippen MR) is 90.0 cm³/mol. The van der Waals surface area contributed by atoms with Gasteiger partial charge in [-0.05, 0) is 12.1 Å². The fraction of sp³-hybridized carbons (Fsp3) is 0.0667. The maximum absolute atomic E-state index is 12.0. The lowest BCUT2D eigenvalue weighted by Gasteiger charge is -2.10. The number of methoxy groups -OCH3 is 1. The largest absolute Gasteiger partial charge is 0.494 e. The molecule has 0 aliphatic rings. The van der Waals surface area contributed by atoms with Gasteiger partial charge in [-0.15, -0.1) is 0 Å². The number of carbonyl (C=O) groups excluding carboxylic acids is 2. The number of nitrogens with zero attached hydrogens (tertiary/aromatic N) is 2. The van der Waals surface area contributed by atoms with Crippen LogP contribution in [-0.2, 0) is 9.59 Å². The van der Waals surface area contributed by atoms with Crippen LogP contribution in [0.4, 0.5) is 22.7 Å². The lowest BCUT2D eigenvalue weighted by molar-refractivity contribution is -0.384. The van der Waals surface area contributed by atoms with Gasteiger partial charge in [-0.1, -0.05) is 12.1 Å². The molecule has 0 unspecified atom stereocenters. The van der Waals surface area contributed by atoms with Crippen LogP contribution in [0.5, 0.6) is 5.75 Å². The molecule has 11 heteroatoms. The highest BCUT2D eigenvalue weighted by Crippen LogP contribution is 2.29. The molecule has 0 fully saturated rings. The minimum atomic E-state index is -1.15. The molecule has 11 nitrogen and oxygen atoms in total. The Morgan fingerprint density at radius 1 is 0.923 bits per heavy atom. The zero-order valence-electron chi connectivity index (χ0n) is 13.3. The molecule has 134 valence electrons. The number of rotatable bonds is 5. The first-order valence-electron chi connectivity index (χ1n) is 7.01. The van der Waals surface area contributed by atoms with E-state index in [1.54, 1.807) is 0 Å². The highest BCUT2D eigenvalue weighted by molar-refractivity contribution is 6.44. The van der Waals surface area contributed by atoms with E-state index in [9.17, 15) is 29.8 Å². The van der Waals surface area contributed by atoms with Gasteiger partial charge in [0.25, 0.3) is 11.4 Å². The van der Waals surface area contributed by atoms with Crippen molar-refractivity contribution in [3.8, 4) is 5.75 Å². The van der Waals surface area contributed by atoms with Gasteiger partial charge in [0.05, 0.1) is 28.7 Å². The minimum absolute atomic E-state index is 0.0222. The number of ether oxygens (including phenoxy) is 1. The van der Waals surface area contributed by atoms with E-state index >= 15 is 0 Å². The van der Waals surface area contributed by atoms with E-state index in [0.29, 0.717) is 0 Å². The highest BCUT2D eigenvalue weighted by atomic mass is 16.6. The van der Waals surface area contributed by atoms with Crippen molar-refractivity contribution >= 4 is 34.6 Å². The molecule has 2 aromatic rings. The minimum Gasteiger partial charge on any atom is -0.494 e. The molecule has 26 heavy (non-hydrogen) atoms. The van der Waals surface area contributed by atoms with Crippen molar-refractivity contribution in [2.45, 2.75) is 0 Å². The van der Waals surface area contributed by atoms with Crippen molar-refractivity contribution in [3.05, 3.63) is 62.7 Å². The Hall–Kier alpha value is -4.02. The maximum atomic E-state index is 12.0.